The minimum atomic E-state index is -3.72. The van der Waals surface area contributed by atoms with Gasteiger partial charge in [0.1, 0.15) is 5.75 Å². The van der Waals surface area contributed by atoms with E-state index in [9.17, 15) is 8.42 Å². The van der Waals surface area contributed by atoms with Gasteiger partial charge in [-0.2, -0.15) is 0 Å². The van der Waals surface area contributed by atoms with Crippen molar-refractivity contribution in [3.05, 3.63) is 94.6 Å². The van der Waals surface area contributed by atoms with Crippen LogP contribution in [0.4, 0.5) is 0 Å². The third-order valence-electron chi connectivity index (χ3n) is 4.66. The van der Waals surface area contributed by atoms with Gasteiger partial charge in [-0.3, -0.25) is 0 Å². The molecule has 4 rings (SSSR count). The number of methoxy groups -OCH3 is 1. The molecule has 4 aromatic rings. The molecule has 6 heteroatoms. The second-order valence-electron chi connectivity index (χ2n) is 6.43. The standard InChI is InChI=1S/C22H18BrNO3S/c1-27-21-9-5-8-20-22(21)17(14-16-10-12-18(23)13-11-16)15-24(20)28(25,26)19-6-3-2-4-7-19/h2-13,15H,14H2,1H3. The Morgan fingerprint density at radius 3 is 2.32 bits per heavy atom. The zero-order valence-electron chi connectivity index (χ0n) is 15.2. The van der Waals surface area contributed by atoms with Gasteiger partial charge in [0.05, 0.1) is 17.5 Å². The van der Waals surface area contributed by atoms with Crippen molar-refractivity contribution in [1.82, 2.24) is 3.97 Å². The molecule has 0 aliphatic rings. The number of hydrogen-bond donors (Lipinski definition) is 0. The number of hydrogen-bond acceptors (Lipinski definition) is 3. The van der Waals surface area contributed by atoms with Crippen LogP contribution in [-0.4, -0.2) is 19.5 Å². The Labute approximate surface area is 172 Å². The fraction of sp³-hybridized carbons (Fsp3) is 0.0909. The summed E-state index contributed by atoms with van der Waals surface area (Å²) in [5, 5.41) is 0.812. The highest BCUT2D eigenvalue weighted by Gasteiger charge is 2.22. The van der Waals surface area contributed by atoms with E-state index < -0.39 is 10.0 Å². The maximum atomic E-state index is 13.3. The summed E-state index contributed by atoms with van der Waals surface area (Å²) < 4.78 is 34.4. The number of ether oxygens (including phenoxy) is 1. The summed E-state index contributed by atoms with van der Waals surface area (Å²) in [5.41, 5.74) is 2.59. The van der Waals surface area contributed by atoms with Gasteiger partial charge in [0, 0.05) is 16.1 Å². The Hall–Kier alpha value is -2.57. The van der Waals surface area contributed by atoms with Crippen molar-refractivity contribution >= 4 is 36.9 Å². The molecule has 0 N–H and O–H groups in total. The number of fused-ring (bicyclic) bond motifs is 1. The molecule has 0 unspecified atom stereocenters. The molecule has 28 heavy (non-hydrogen) atoms. The van der Waals surface area contributed by atoms with Crippen molar-refractivity contribution in [2.45, 2.75) is 11.3 Å². The van der Waals surface area contributed by atoms with Gasteiger partial charge in [0.25, 0.3) is 10.0 Å². The Balaban J connectivity index is 1.92. The highest BCUT2D eigenvalue weighted by molar-refractivity contribution is 9.10. The average Bonchev–Trinajstić information content (AvgIpc) is 3.10. The van der Waals surface area contributed by atoms with Crippen molar-refractivity contribution in [2.24, 2.45) is 0 Å². The van der Waals surface area contributed by atoms with Gasteiger partial charge < -0.3 is 4.74 Å². The first-order valence-electron chi connectivity index (χ1n) is 8.73. The average molecular weight is 456 g/mol. The largest absolute Gasteiger partial charge is 0.496 e. The Bertz CT molecular complexity index is 1230. The molecule has 142 valence electrons. The molecule has 0 fully saturated rings. The number of benzene rings is 3. The third-order valence-corrected chi connectivity index (χ3v) is 6.88. The van der Waals surface area contributed by atoms with Crippen LogP contribution in [0.15, 0.2) is 88.4 Å². The van der Waals surface area contributed by atoms with Crippen molar-refractivity contribution < 1.29 is 13.2 Å². The van der Waals surface area contributed by atoms with Gasteiger partial charge in [-0.15, -0.1) is 0 Å². The first-order chi connectivity index (χ1) is 13.5. The molecule has 3 aromatic carbocycles. The molecule has 1 aromatic heterocycles. The maximum absolute atomic E-state index is 13.3. The lowest BCUT2D eigenvalue weighted by Gasteiger charge is -2.08. The van der Waals surface area contributed by atoms with E-state index >= 15 is 0 Å². The van der Waals surface area contributed by atoms with Gasteiger partial charge in [0.15, 0.2) is 0 Å². The summed E-state index contributed by atoms with van der Waals surface area (Å²) >= 11 is 3.45. The number of nitrogens with zero attached hydrogens (tertiary/aromatic N) is 1. The van der Waals surface area contributed by atoms with Crippen molar-refractivity contribution in [3.63, 3.8) is 0 Å². The van der Waals surface area contributed by atoms with E-state index in [0.717, 1.165) is 21.0 Å². The lowest BCUT2D eigenvalue weighted by molar-refractivity contribution is 0.419. The Morgan fingerprint density at radius 2 is 1.64 bits per heavy atom. The van der Waals surface area contributed by atoms with E-state index in [0.29, 0.717) is 17.7 Å². The number of aromatic nitrogens is 1. The molecular weight excluding hydrogens is 438 g/mol. The molecule has 0 saturated carbocycles. The molecule has 0 atom stereocenters. The van der Waals surface area contributed by atoms with Gasteiger partial charge in [-0.25, -0.2) is 12.4 Å². The van der Waals surface area contributed by atoms with E-state index in [1.54, 1.807) is 43.6 Å². The lowest BCUT2D eigenvalue weighted by Crippen LogP contribution is -2.11. The molecule has 0 aliphatic heterocycles. The topological polar surface area (TPSA) is 48.3 Å². The number of rotatable bonds is 5. The van der Waals surface area contributed by atoms with Gasteiger partial charge in [0.2, 0.25) is 0 Å². The molecule has 0 spiro atoms. The summed E-state index contributed by atoms with van der Waals surface area (Å²) in [5.74, 6) is 0.659. The van der Waals surface area contributed by atoms with E-state index in [1.165, 1.54) is 3.97 Å². The second-order valence-corrected chi connectivity index (χ2v) is 9.16. The van der Waals surface area contributed by atoms with Crippen LogP contribution in [0.5, 0.6) is 5.75 Å². The smallest absolute Gasteiger partial charge is 0.268 e. The summed E-state index contributed by atoms with van der Waals surface area (Å²) in [6.45, 7) is 0. The summed E-state index contributed by atoms with van der Waals surface area (Å²) in [7, 11) is -2.12. The van der Waals surface area contributed by atoms with Gasteiger partial charge in [-0.05, 0) is 53.9 Å². The molecule has 0 aliphatic carbocycles. The molecule has 1 heterocycles. The monoisotopic (exact) mass is 455 g/mol. The normalized spacial score (nSPS) is 11.6. The second kappa shape index (κ2) is 7.45. The van der Waals surface area contributed by atoms with Gasteiger partial charge in [-0.1, -0.05) is 52.3 Å². The Morgan fingerprint density at radius 1 is 0.929 bits per heavy atom. The minimum Gasteiger partial charge on any atom is -0.496 e. The molecule has 0 amide bonds. The van der Waals surface area contributed by atoms with Crippen LogP contribution in [0.25, 0.3) is 10.9 Å². The Kier molecular flexibility index (Phi) is 5.00. The first kappa shape index (κ1) is 18.8. The van der Waals surface area contributed by atoms with E-state index in [2.05, 4.69) is 15.9 Å². The zero-order chi connectivity index (χ0) is 19.7. The fourth-order valence-corrected chi connectivity index (χ4v) is 5.00. The maximum Gasteiger partial charge on any atom is 0.268 e. The van der Waals surface area contributed by atoms with Crippen LogP contribution in [0.3, 0.4) is 0 Å². The molecule has 0 bridgehead atoms. The van der Waals surface area contributed by atoms with Crippen molar-refractivity contribution in [1.29, 1.82) is 0 Å². The van der Waals surface area contributed by atoms with Crippen LogP contribution < -0.4 is 4.74 Å². The molecule has 4 nitrogen and oxygen atoms in total. The lowest BCUT2D eigenvalue weighted by atomic mass is 10.0. The van der Waals surface area contributed by atoms with Crippen molar-refractivity contribution in [3.8, 4) is 5.75 Å². The zero-order valence-corrected chi connectivity index (χ0v) is 17.6. The summed E-state index contributed by atoms with van der Waals surface area (Å²) in [4.78, 5) is 0.255. The van der Waals surface area contributed by atoms with E-state index in [1.807, 2.05) is 42.5 Å². The molecular formula is C22H18BrNO3S. The SMILES string of the molecule is COc1cccc2c1c(Cc1ccc(Br)cc1)cn2S(=O)(=O)c1ccccc1. The minimum absolute atomic E-state index is 0.255. The molecule has 0 saturated heterocycles. The van der Waals surface area contributed by atoms with Crippen LogP contribution in [0, 0.1) is 0 Å². The highest BCUT2D eigenvalue weighted by Crippen LogP contribution is 2.34. The predicted octanol–water partition coefficient (Wildman–Crippen LogP) is 5.24. The highest BCUT2D eigenvalue weighted by atomic mass is 79.9. The van der Waals surface area contributed by atoms with Crippen LogP contribution in [0.1, 0.15) is 11.1 Å². The first-order valence-corrected chi connectivity index (χ1v) is 11.0. The van der Waals surface area contributed by atoms with E-state index in [-0.39, 0.29) is 4.90 Å². The fourth-order valence-electron chi connectivity index (χ4n) is 3.33. The predicted molar refractivity (Wildman–Crippen MR) is 114 cm³/mol. The van der Waals surface area contributed by atoms with Crippen LogP contribution in [0.2, 0.25) is 0 Å². The van der Waals surface area contributed by atoms with Crippen LogP contribution >= 0.6 is 15.9 Å². The summed E-state index contributed by atoms with van der Waals surface area (Å²) in [6.07, 6.45) is 2.30. The quantitative estimate of drug-likeness (QED) is 0.413. The molecule has 0 radical (unpaired) electrons. The van der Waals surface area contributed by atoms with Crippen LogP contribution in [-0.2, 0) is 16.4 Å². The van der Waals surface area contributed by atoms with Crippen molar-refractivity contribution in [2.75, 3.05) is 7.11 Å². The summed E-state index contributed by atoms with van der Waals surface area (Å²) in [6, 6.07) is 21.9. The third kappa shape index (κ3) is 3.34. The van der Waals surface area contributed by atoms with E-state index in [4.69, 9.17) is 4.74 Å². The number of halogens is 1. The van der Waals surface area contributed by atoms with Gasteiger partial charge >= 0.3 is 0 Å².